The molecule has 8 nitrogen and oxygen atoms in total. The zero-order valence-electron chi connectivity index (χ0n) is 18.4. The second-order valence-corrected chi connectivity index (χ2v) is 7.90. The number of methoxy groups -OCH3 is 1. The summed E-state index contributed by atoms with van der Waals surface area (Å²) in [4.78, 5) is 25.2. The third kappa shape index (κ3) is 5.08. The Kier molecular flexibility index (Phi) is 6.48. The fourth-order valence-corrected chi connectivity index (χ4v) is 3.66. The standard InChI is InChI=1S/C24H24FN5O3/c1-16(12-22(31)26-15-17-5-3-8-20(13-17)33-2)11-21-27-28-23-24(32)29(9-10-30(21)23)19-7-4-6-18(25)14-19/h3-10,13-14,16H,11-12,15H2,1-2H3,(H,26,31)/t16-/m0/s1. The molecular weight excluding hydrogens is 425 g/mol. The van der Waals surface area contributed by atoms with E-state index in [9.17, 15) is 14.0 Å². The number of carbonyl (C=O) groups excluding carboxylic acids is 1. The number of amides is 1. The average Bonchev–Trinajstić information content (AvgIpc) is 3.21. The number of hydrogen-bond acceptors (Lipinski definition) is 5. The third-order valence-corrected chi connectivity index (χ3v) is 5.32. The molecule has 1 atom stereocenters. The van der Waals surface area contributed by atoms with Gasteiger partial charge in [-0.05, 0) is 41.8 Å². The predicted molar refractivity (Wildman–Crippen MR) is 121 cm³/mol. The zero-order valence-corrected chi connectivity index (χ0v) is 18.4. The van der Waals surface area contributed by atoms with E-state index in [0.29, 0.717) is 30.9 Å². The number of rotatable bonds is 8. The second-order valence-electron chi connectivity index (χ2n) is 7.90. The summed E-state index contributed by atoms with van der Waals surface area (Å²) in [6, 6.07) is 13.3. The lowest BCUT2D eigenvalue weighted by Gasteiger charge is -2.12. The van der Waals surface area contributed by atoms with Crippen LogP contribution in [0.3, 0.4) is 0 Å². The van der Waals surface area contributed by atoms with Crippen molar-refractivity contribution in [2.45, 2.75) is 26.3 Å². The summed E-state index contributed by atoms with van der Waals surface area (Å²) in [5.74, 6) is 0.799. The molecule has 0 bridgehead atoms. The molecule has 0 spiro atoms. The Morgan fingerprint density at radius 2 is 1.97 bits per heavy atom. The van der Waals surface area contributed by atoms with Crippen LogP contribution in [-0.4, -0.2) is 32.2 Å². The van der Waals surface area contributed by atoms with E-state index in [1.807, 2.05) is 31.2 Å². The fraction of sp³-hybridized carbons (Fsp3) is 0.250. The van der Waals surface area contributed by atoms with Gasteiger partial charge in [-0.15, -0.1) is 10.2 Å². The van der Waals surface area contributed by atoms with Gasteiger partial charge < -0.3 is 10.1 Å². The minimum Gasteiger partial charge on any atom is -0.497 e. The number of fused-ring (bicyclic) bond motifs is 1. The highest BCUT2D eigenvalue weighted by Crippen LogP contribution is 2.14. The van der Waals surface area contributed by atoms with E-state index in [4.69, 9.17) is 4.74 Å². The number of carbonyl (C=O) groups is 1. The predicted octanol–water partition coefficient (Wildman–Crippen LogP) is 2.91. The molecule has 2 aromatic carbocycles. The van der Waals surface area contributed by atoms with Crippen molar-refractivity contribution in [3.8, 4) is 11.4 Å². The highest BCUT2D eigenvalue weighted by atomic mass is 19.1. The van der Waals surface area contributed by atoms with Crippen molar-refractivity contribution in [3.63, 3.8) is 0 Å². The maximum atomic E-state index is 13.5. The first-order valence-corrected chi connectivity index (χ1v) is 10.6. The highest BCUT2D eigenvalue weighted by molar-refractivity contribution is 5.76. The van der Waals surface area contributed by atoms with Crippen LogP contribution in [-0.2, 0) is 17.8 Å². The van der Waals surface area contributed by atoms with E-state index in [2.05, 4.69) is 15.5 Å². The molecule has 1 N–H and O–H groups in total. The van der Waals surface area contributed by atoms with Crippen molar-refractivity contribution in [2.75, 3.05) is 7.11 Å². The van der Waals surface area contributed by atoms with Crippen molar-refractivity contribution in [1.82, 2.24) is 24.5 Å². The molecule has 0 aliphatic rings. The largest absolute Gasteiger partial charge is 0.497 e. The molecule has 1 amide bonds. The van der Waals surface area contributed by atoms with Crippen LogP contribution < -0.4 is 15.6 Å². The summed E-state index contributed by atoms with van der Waals surface area (Å²) < 4.78 is 21.7. The van der Waals surface area contributed by atoms with Crippen molar-refractivity contribution in [3.05, 3.63) is 88.5 Å². The van der Waals surface area contributed by atoms with Gasteiger partial charge in [0, 0.05) is 31.8 Å². The lowest BCUT2D eigenvalue weighted by Crippen LogP contribution is -2.25. The van der Waals surface area contributed by atoms with Crippen LogP contribution in [0.25, 0.3) is 11.3 Å². The summed E-state index contributed by atoms with van der Waals surface area (Å²) in [6.07, 6.45) is 4.01. The SMILES string of the molecule is COc1cccc(CNC(=O)C[C@@H](C)Cc2nnc3c(=O)n(-c4cccc(F)c4)ccn23)c1. The summed E-state index contributed by atoms with van der Waals surface area (Å²) in [5, 5.41) is 11.1. The van der Waals surface area contributed by atoms with E-state index in [1.54, 1.807) is 30.0 Å². The molecule has 33 heavy (non-hydrogen) atoms. The first-order valence-electron chi connectivity index (χ1n) is 10.6. The van der Waals surface area contributed by atoms with Gasteiger partial charge in [-0.2, -0.15) is 0 Å². The van der Waals surface area contributed by atoms with Gasteiger partial charge in [-0.3, -0.25) is 18.6 Å². The minimum atomic E-state index is -0.431. The van der Waals surface area contributed by atoms with E-state index in [-0.39, 0.29) is 17.5 Å². The van der Waals surface area contributed by atoms with Gasteiger partial charge >= 0.3 is 5.56 Å². The molecular formula is C24H24FN5O3. The van der Waals surface area contributed by atoms with Crippen LogP contribution in [0.4, 0.5) is 4.39 Å². The Morgan fingerprint density at radius 1 is 1.15 bits per heavy atom. The minimum absolute atomic E-state index is 0.0200. The van der Waals surface area contributed by atoms with Gasteiger partial charge in [0.25, 0.3) is 0 Å². The quantitative estimate of drug-likeness (QED) is 0.447. The van der Waals surface area contributed by atoms with Gasteiger partial charge in [0.1, 0.15) is 17.4 Å². The summed E-state index contributed by atoms with van der Waals surface area (Å²) in [6.45, 7) is 2.36. The second kappa shape index (κ2) is 9.64. The maximum absolute atomic E-state index is 13.5. The Hall–Kier alpha value is -4.01. The van der Waals surface area contributed by atoms with Gasteiger partial charge in [0.15, 0.2) is 0 Å². The van der Waals surface area contributed by atoms with E-state index in [1.165, 1.54) is 22.8 Å². The molecule has 9 heteroatoms. The van der Waals surface area contributed by atoms with Crippen LogP contribution in [0.1, 0.15) is 24.7 Å². The van der Waals surface area contributed by atoms with Crippen molar-refractivity contribution in [2.24, 2.45) is 5.92 Å². The highest BCUT2D eigenvalue weighted by Gasteiger charge is 2.16. The first kappa shape index (κ1) is 22.2. The lowest BCUT2D eigenvalue weighted by molar-refractivity contribution is -0.122. The molecule has 4 rings (SSSR count). The monoisotopic (exact) mass is 449 g/mol. The number of halogens is 1. The summed E-state index contributed by atoms with van der Waals surface area (Å²) in [5.41, 5.74) is 1.11. The number of nitrogens with one attached hydrogen (secondary N) is 1. The van der Waals surface area contributed by atoms with Gasteiger partial charge in [-0.1, -0.05) is 25.1 Å². The fourth-order valence-electron chi connectivity index (χ4n) is 3.66. The zero-order chi connectivity index (χ0) is 23.4. The van der Waals surface area contributed by atoms with Crippen molar-refractivity contribution < 1.29 is 13.9 Å². The number of ether oxygens (including phenoxy) is 1. The molecule has 4 aromatic rings. The van der Waals surface area contributed by atoms with Crippen molar-refractivity contribution >= 4 is 11.6 Å². The van der Waals surface area contributed by atoms with Crippen LogP contribution in [0.15, 0.2) is 65.7 Å². The number of nitrogens with zero attached hydrogens (tertiary/aromatic N) is 4. The molecule has 0 radical (unpaired) electrons. The number of hydrogen-bond donors (Lipinski definition) is 1. The van der Waals surface area contributed by atoms with Crippen molar-refractivity contribution in [1.29, 1.82) is 0 Å². The Bertz CT molecular complexity index is 1350. The first-order chi connectivity index (χ1) is 15.9. The average molecular weight is 449 g/mol. The van der Waals surface area contributed by atoms with Gasteiger partial charge in [0.05, 0.1) is 12.8 Å². The van der Waals surface area contributed by atoms with Crippen LogP contribution >= 0.6 is 0 Å². The third-order valence-electron chi connectivity index (χ3n) is 5.32. The summed E-state index contributed by atoms with van der Waals surface area (Å²) in [7, 11) is 1.60. The van der Waals surface area contributed by atoms with Gasteiger partial charge in [0.2, 0.25) is 11.6 Å². The van der Waals surface area contributed by atoms with E-state index in [0.717, 1.165) is 11.3 Å². The van der Waals surface area contributed by atoms with E-state index >= 15 is 0 Å². The molecule has 0 unspecified atom stereocenters. The smallest absolute Gasteiger partial charge is 0.300 e. The summed E-state index contributed by atoms with van der Waals surface area (Å²) >= 11 is 0. The molecule has 0 saturated heterocycles. The van der Waals surface area contributed by atoms with Crippen LogP contribution in [0.5, 0.6) is 5.75 Å². The molecule has 0 aliphatic heterocycles. The topological polar surface area (TPSA) is 90.5 Å². The van der Waals surface area contributed by atoms with E-state index < -0.39 is 11.4 Å². The Labute approximate surface area is 189 Å². The Balaban J connectivity index is 1.41. The van der Waals surface area contributed by atoms with Crippen LogP contribution in [0.2, 0.25) is 0 Å². The maximum Gasteiger partial charge on any atom is 0.300 e. The molecule has 2 aromatic heterocycles. The number of aromatic nitrogens is 4. The molecule has 0 saturated carbocycles. The Morgan fingerprint density at radius 3 is 2.76 bits per heavy atom. The molecule has 0 aliphatic carbocycles. The lowest BCUT2D eigenvalue weighted by atomic mass is 10.0. The molecule has 170 valence electrons. The molecule has 0 fully saturated rings. The normalized spacial score (nSPS) is 12.0. The van der Waals surface area contributed by atoms with Crippen LogP contribution in [0, 0.1) is 11.7 Å². The molecule has 2 heterocycles. The van der Waals surface area contributed by atoms with Gasteiger partial charge in [-0.25, -0.2) is 4.39 Å². The number of benzene rings is 2.